The van der Waals surface area contributed by atoms with Crippen LogP contribution in [0.2, 0.25) is 0 Å². The number of ether oxygens (including phenoxy) is 2. The van der Waals surface area contributed by atoms with Crippen LogP contribution in [0.5, 0.6) is 11.5 Å². The Kier molecular flexibility index (Phi) is 5.90. The maximum absolute atomic E-state index is 10.1. The summed E-state index contributed by atoms with van der Waals surface area (Å²) in [5.41, 5.74) is -0.164. The highest BCUT2D eigenvalue weighted by molar-refractivity contribution is 6.00. The van der Waals surface area contributed by atoms with Crippen LogP contribution in [0.1, 0.15) is 44.6 Å². The predicted molar refractivity (Wildman–Crippen MR) is 107 cm³/mol. The van der Waals surface area contributed by atoms with E-state index in [1.165, 1.54) is 0 Å². The highest BCUT2D eigenvalue weighted by atomic mass is 16.5. The first-order valence-electron chi connectivity index (χ1n) is 9.98. The average Bonchev–Trinajstić information content (AvgIpc) is 2.75. The van der Waals surface area contributed by atoms with Crippen molar-refractivity contribution in [1.29, 1.82) is 21.2 Å². The highest BCUT2D eigenvalue weighted by Gasteiger charge is 2.57. The molecule has 0 amide bonds. The van der Waals surface area contributed by atoms with Crippen molar-refractivity contribution in [1.82, 2.24) is 0 Å². The fourth-order valence-corrected chi connectivity index (χ4v) is 4.65. The monoisotopic (exact) mass is 388 g/mol. The maximum atomic E-state index is 10.1. The van der Waals surface area contributed by atoms with E-state index < -0.39 is 17.3 Å². The van der Waals surface area contributed by atoms with Crippen molar-refractivity contribution in [3.63, 3.8) is 0 Å². The van der Waals surface area contributed by atoms with Gasteiger partial charge in [-0.25, -0.2) is 0 Å². The number of allylic oxidation sites excluding steroid dienone is 2. The van der Waals surface area contributed by atoms with Gasteiger partial charge in [0.15, 0.2) is 16.9 Å². The van der Waals surface area contributed by atoms with E-state index in [1.807, 2.05) is 32.1 Å². The molecule has 0 spiro atoms. The van der Waals surface area contributed by atoms with Crippen LogP contribution < -0.4 is 9.47 Å². The summed E-state index contributed by atoms with van der Waals surface area (Å²) >= 11 is 0. The van der Waals surface area contributed by atoms with E-state index in [2.05, 4.69) is 18.2 Å². The molecule has 1 saturated carbocycles. The van der Waals surface area contributed by atoms with Crippen LogP contribution >= 0.6 is 0 Å². The maximum Gasteiger partial charge on any atom is 0.189 e. The van der Waals surface area contributed by atoms with E-state index in [0.717, 1.165) is 30.4 Å². The van der Waals surface area contributed by atoms with Gasteiger partial charge in [-0.1, -0.05) is 12.1 Å². The molecule has 0 saturated heterocycles. The summed E-state index contributed by atoms with van der Waals surface area (Å²) in [5.74, 6) is -0.306. The van der Waals surface area contributed by atoms with E-state index in [0.29, 0.717) is 24.7 Å². The molecule has 0 aliphatic heterocycles. The molecule has 0 radical (unpaired) electrons. The van der Waals surface area contributed by atoms with Crippen LogP contribution in [-0.2, 0) is 0 Å². The van der Waals surface area contributed by atoms with Gasteiger partial charge in [0.1, 0.15) is 5.92 Å². The van der Waals surface area contributed by atoms with E-state index >= 15 is 0 Å². The van der Waals surface area contributed by atoms with Gasteiger partial charge in [0, 0.05) is 5.92 Å². The molecule has 3 rings (SSSR count). The third kappa shape index (κ3) is 3.24. The van der Waals surface area contributed by atoms with Crippen LogP contribution in [0.4, 0.5) is 0 Å². The SMILES string of the molecule is CCOc1ccc([C@H]2[C@@H]3CCCC=C3[C@@H](C#N)C(=N)C2(C#N)C#N)cc1OCC. The Bertz CT molecular complexity index is 947. The van der Waals surface area contributed by atoms with E-state index in [-0.39, 0.29) is 11.6 Å². The molecule has 1 aromatic rings. The zero-order chi connectivity index (χ0) is 21.0. The minimum Gasteiger partial charge on any atom is -0.490 e. The molecule has 29 heavy (non-hydrogen) atoms. The lowest BCUT2D eigenvalue weighted by Gasteiger charge is -2.45. The summed E-state index contributed by atoms with van der Waals surface area (Å²) < 4.78 is 11.4. The van der Waals surface area contributed by atoms with Crippen LogP contribution in [0.3, 0.4) is 0 Å². The average molecular weight is 388 g/mol. The molecule has 6 heteroatoms. The Labute approximate surface area is 171 Å². The second-order valence-corrected chi connectivity index (χ2v) is 7.30. The van der Waals surface area contributed by atoms with E-state index in [1.54, 1.807) is 6.07 Å². The summed E-state index contributed by atoms with van der Waals surface area (Å²) in [4.78, 5) is 0. The van der Waals surface area contributed by atoms with Gasteiger partial charge in [0.05, 0.1) is 37.1 Å². The molecule has 0 heterocycles. The zero-order valence-electron chi connectivity index (χ0n) is 16.7. The van der Waals surface area contributed by atoms with Crippen LogP contribution in [-0.4, -0.2) is 18.9 Å². The normalized spacial score (nSPS) is 24.9. The first kappa shape index (κ1) is 20.4. The standard InChI is InChI=1S/C23H24N4O2/c1-3-28-19-10-9-15(11-20(19)29-4-2)21-17-8-6-5-7-16(17)18(12-24)22(27)23(21,13-25)14-26/h7,9-11,17-18,21,27H,3-6,8H2,1-2H3/t17-,18-,21+/m1/s1. The molecule has 3 atom stereocenters. The first-order valence-corrected chi connectivity index (χ1v) is 9.98. The number of nitriles is 3. The number of nitrogens with one attached hydrogen (secondary N) is 1. The molecule has 0 unspecified atom stereocenters. The Morgan fingerprint density at radius 3 is 2.41 bits per heavy atom. The number of nitrogens with zero attached hydrogens (tertiary/aromatic N) is 3. The number of hydrogen-bond acceptors (Lipinski definition) is 6. The molecule has 148 valence electrons. The molecule has 6 nitrogen and oxygen atoms in total. The topological polar surface area (TPSA) is 114 Å². The minimum atomic E-state index is -1.68. The Balaban J connectivity index is 2.21. The van der Waals surface area contributed by atoms with Crippen molar-refractivity contribution in [3.8, 4) is 29.7 Å². The second-order valence-electron chi connectivity index (χ2n) is 7.30. The fourth-order valence-electron chi connectivity index (χ4n) is 4.65. The van der Waals surface area contributed by atoms with E-state index in [4.69, 9.17) is 14.9 Å². The van der Waals surface area contributed by atoms with Crippen molar-refractivity contribution in [2.45, 2.75) is 39.0 Å². The van der Waals surface area contributed by atoms with Crippen molar-refractivity contribution >= 4 is 5.71 Å². The third-order valence-corrected chi connectivity index (χ3v) is 5.85. The van der Waals surface area contributed by atoms with Gasteiger partial charge in [-0.3, -0.25) is 0 Å². The van der Waals surface area contributed by atoms with Crippen LogP contribution in [0, 0.1) is 56.7 Å². The molecule has 0 aromatic heterocycles. The van der Waals surface area contributed by atoms with Crippen molar-refractivity contribution in [2.75, 3.05) is 13.2 Å². The third-order valence-electron chi connectivity index (χ3n) is 5.85. The number of hydrogen-bond donors (Lipinski definition) is 1. The smallest absolute Gasteiger partial charge is 0.189 e. The minimum absolute atomic E-state index is 0.119. The Morgan fingerprint density at radius 1 is 1.10 bits per heavy atom. The predicted octanol–water partition coefficient (Wildman–Crippen LogP) is 4.50. The Morgan fingerprint density at radius 2 is 1.79 bits per heavy atom. The lowest BCUT2D eigenvalue weighted by Crippen LogP contribution is -2.48. The first-order chi connectivity index (χ1) is 14.1. The van der Waals surface area contributed by atoms with Gasteiger partial charge >= 0.3 is 0 Å². The highest BCUT2D eigenvalue weighted by Crippen LogP contribution is 2.55. The van der Waals surface area contributed by atoms with E-state index in [9.17, 15) is 15.8 Å². The molecule has 0 bridgehead atoms. The van der Waals surface area contributed by atoms with Crippen molar-refractivity contribution < 1.29 is 9.47 Å². The van der Waals surface area contributed by atoms with Gasteiger partial charge < -0.3 is 14.9 Å². The molecule has 1 fully saturated rings. The van der Waals surface area contributed by atoms with Crippen LogP contribution in [0.25, 0.3) is 0 Å². The Hall–Kier alpha value is -3.30. The number of rotatable bonds is 5. The summed E-state index contributed by atoms with van der Waals surface area (Å²) in [6, 6.07) is 11.9. The molecule has 2 aliphatic rings. The largest absolute Gasteiger partial charge is 0.490 e. The molecule has 2 aliphatic carbocycles. The quantitative estimate of drug-likeness (QED) is 0.746. The fraction of sp³-hybridized carbons (Fsp3) is 0.478. The molecular weight excluding hydrogens is 364 g/mol. The molecular formula is C23H24N4O2. The summed E-state index contributed by atoms with van der Waals surface area (Å²) in [5, 5.41) is 38.5. The molecule has 1 N–H and O–H groups in total. The van der Waals surface area contributed by atoms with Gasteiger partial charge in [-0.15, -0.1) is 0 Å². The zero-order valence-corrected chi connectivity index (χ0v) is 16.7. The lowest BCUT2D eigenvalue weighted by molar-refractivity contribution is 0.284. The van der Waals surface area contributed by atoms with Gasteiger partial charge in [-0.2, -0.15) is 15.8 Å². The van der Waals surface area contributed by atoms with Crippen LogP contribution in [0.15, 0.2) is 29.8 Å². The summed E-state index contributed by atoms with van der Waals surface area (Å²) in [6.07, 6.45) is 4.59. The second kappa shape index (κ2) is 8.38. The lowest BCUT2D eigenvalue weighted by atomic mass is 9.53. The van der Waals surface area contributed by atoms with Gasteiger partial charge in [-0.05, 0) is 62.3 Å². The van der Waals surface area contributed by atoms with Gasteiger partial charge in [0.2, 0.25) is 0 Å². The van der Waals surface area contributed by atoms with Crippen molar-refractivity contribution in [2.24, 2.45) is 17.3 Å². The summed E-state index contributed by atoms with van der Waals surface area (Å²) in [6.45, 7) is 4.72. The number of benzene rings is 1. The summed E-state index contributed by atoms with van der Waals surface area (Å²) in [7, 11) is 0. The number of fused-ring (bicyclic) bond motifs is 1. The van der Waals surface area contributed by atoms with Gasteiger partial charge in [0.25, 0.3) is 0 Å². The van der Waals surface area contributed by atoms with Crippen molar-refractivity contribution in [3.05, 3.63) is 35.4 Å². The molecule has 1 aromatic carbocycles.